The fraction of sp³-hybridized carbons (Fsp3) is 0.333. The molecule has 0 saturated carbocycles. The minimum atomic E-state index is -4.38. The van der Waals surface area contributed by atoms with Crippen LogP contribution in [0.3, 0.4) is 0 Å². The van der Waals surface area contributed by atoms with E-state index in [0.717, 1.165) is 29.3 Å². The van der Waals surface area contributed by atoms with Crippen molar-refractivity contribution in [3.63, 3.8) is 0 Å². The molecule has 0 bridgehead atoms. The van der Waals surface area contributed by atoms with Crippen molar-refractivity contribution in [2.45, 2.75) is 31.5 Å². The summed E-state index contributed by atoms with van der Waals surface area (Å²) in [5.41, 5.74) is 2.79. The number of aryl methyl sites for hydroxylation is 1. The minimum absolute atomic E-state index is 0.0526. The van der Waals surface area contributed by atoms with Gasteiger partial charge in [-0.1, -0.05) is 36.4 Å². The van der Waals surface area contributed by atoms with Crippen LogP contribution >= 0.6 is 0 Å². The SMILES string of the molecule is COc1ccc(C)c2c1N[C@H](c1ccccc1C(F)(F)F)[C@H]1CC=C[C@H]21. The fourth-order valence-corrected chi connectivity index (χ4v) is 4.37. The van der Waals surface area contributed by atoms with Crippen molar-refractivity contribution < 1.29 is 17.9 Å². The molecule has 1 N–H and O–H groups in total. The van der Waals surface area contributed by atoms with E-state index in [1.807, 2.05) is 19.1 Å². The van der Waals surface area contributed by atoms with Gasteiger partial charge in [0, 0.05) is 5.92 Å². The largest absolute Gasteiger partial charge is 0.495 e. The van der Waals surface area contributed by atoms with E-state index < -0.39 is 17.8 Å². The Kier molecular flexibility index (Phi) is 3.98. The maximum absolute atomic E-state index is 13.6. The van der Waals surface area contributed by atoms with Crippen LogP contribution in [0.2, 0.25) is 0 Å². The number of fused-ring (bicyclic) bond motifs is 3. The standard InChI is InChI=1S/C21H20F3NO/c1-12-10-11-17(26-2)20-18(12)13-7-5-8-14(13)19(25-20)15-6-3-4-9-16(15)21(22,23)24/h3-7,9-11,13-14,19,25H,8H2,1-2H3/t13-,14-,19-/m0/s1. The molecule has 0 amide bonds. The smallest absolute Gasteiger partial charge is 0.416 e. The van der Waals surface area contributed by atoms with Crippen molar-refractivity contribution in [1.82, 2.24) is 0 Å². The molecule has 5 heteroatoms. The monoisotopic (exact) mass is 359 g/mol. The van der Waals surface area contributed by atoms with E-state index in [1.54, 1.807) is 19.2 Å². The summed E-state index contributed by atoms with van der Waals surface area (Å²) >= 11 is 0. The summed E-state index contributed by atoms with van der Waals surface area (Å²) in [6.45, 7) is 2.03. The number of anilines is 1. The Morgan fingerprint density at radius 1 is 1.12 bits per heavy atom. The summed E-state index contributed by atoms with van der Waals surface area (Å²) < 4.78 is 46.2. The zero-order valence-corrected chi connectivity index (χ0v) is 14.6. The highest BCUT2D eigenvalue weighted by molar-refractivity contribution is 5.70. The second-order valence-corrected chi connectivity index (χ2v) is 6.93. The molecule has 26 heavy (non-hydrogen) atoms. The number of halogens is 3. The van der Waals surface area contributed by atoms with E-state index >= 15 is 0 Å². The van der Waals surface area contributed by atoms with E-state index in [-0.39, 0.29) is 11.8 Å². The van der Waals surface area contributed by atoms with Crippen molar-refractivity contribution in [2.75, 3.05) is 12.4 Å². The average Bonchev–Trinajstić information content (AvgIpc) is 3.10. The van der Waals surface area contributed by atoms with E-state index in [2.05, 4.69) is 17.5 Å². The summed E-state index contributed by atoms with van der Waals surface area (Å²) in [5.74, 6) is 0.809. The molecule has 1 heterocycles. The molecule has 1 aliphatic carbocycles. The maximum Gasteiger partial charge on any atom is 0.416 e. The third-order valence-corrected chi connectivity index (χ3v) is 5.52. The summed E-state index contributed by atoms with van der Waals surface area (Å²) in [6.07, 6.45) is 0.579. The Balaban J connectivity index is 1.88. The number of alkyl halides is 3. The molecule has 2 aromatic carbocycles. The number of hydrogen-bond acceptors (Lipinski definition) is 2. The number of rotatable bonds is 2. The van der Waals surface area contributed by atoms with Crippen LogP contribution < -0.4 is 10.1 Å². The van der Waals surface area contributed by atoms with Crippen molar-refractivity contribution >= 4 is 5.69 Å². The number of hydrogen-bond donors (Lipinski definition) is 1. The molecule has 0 radical (unpaired) electrons. The minimum Gasteiger partial charge on any atom is -0.495 e. The van der Waals surface area contributed by atoms with Gasteiger partial charge in [0.25, 0.3) is 0 Å². The molecule has 0 unspecified atom stereocenters. The Morgan fingerprint density at radius 3 is 2.62 bits per heavy atom. The van der Waals surface area contributed by atoms with Crippen LogP contribution in [0.5, 0.6) is 5.75 Å². The first-order chi connectivity index (χ1) is 12.4. The third kappa shape index (κ3) is 2.57. The highest BCUT2D eigenvalue weighted by Crippen LogP contribution is 2.54. The summed E-state index contributed by atoms with van der Waals surface area (Å²) in [6, 6.07) is 9.32. The lowest BCUT2D eigenvalue weighted by molar-refractivity contribution is -0.138. The predicted octanol–water partition coefficient (Wildman–Crippen LogP) is 5.85. The summed E-state index contributed by atoms with van der Waals surface area (Å²) in [4.78, 5) is 0. The summed E-state index contributed by atoms with van der Waals surface area (Å²) in [7, 11) is 1.59. The molecule has 0 saturated heterocycles. The van der Waals surface area contributed by atoms with Gasteiger partial charge in [-0.3, -0.25) is 0 Å². The second-order valence-electron chi connectivity index (χ2n) is 6.93. The third-order valence-electron chi connectivity index (χ3n) is 5.52. The topological polar surface area (TPSA) is 21.3 Å². The molecular formula is C21H20F3NO. The van der Waals surface area contributed by atoms with Crippen molar-refractivity contribution in [1.29, 1.82) is 0 Å². The van der Waals surface area contributed by atoms with Crippen LogP contribution in [0.1, 0.15) is 40.6 Å². The number of methoxy groups -OCH3 is 1. The van der Waals surface area contributed by atoms with Crippen LogP contribution in [-0.4, -0.2) is 7.11 Å². The van der Waals surface area contributed by atoms with E-state index in [1.165, 1.54) is 6.07 Å². The van der Waals surface area contributed by atoms with Crippen molar-refractivity contribution in [2.24, 2.45) is 5.92 Å². The normalized spacial score (nSPS) is 24.0. The number of benzene rings is 2. The molecule has 0 aromatic heterocycles. The highest BCUT2D eigenvalue weighted by Gasteiger charge is 2.43. The van der Waals surface area contributed by atoms with Gasteiger partial charge in [-0.05, 0) is 48.1 Å². The van der Waals surface area contributed by atoms with E-state index in [4.69, 9.17) is 4.74 Å². The molecular weight excluding hydrogens is 339 g/mol. The molecule has 0 spiro atoms. The Hall–Kier alpha value is -2.43. The first-order valence-corrected chi connectivity index (χ1v) is 8.68. The van der Waals surface area contributed by atoms with Gasteiger partial charge in [0.1, 0.15) is 5.75 Å². The molecule has 136 valence electrons. The van der Waals surface area contributed by atoms with Gasteiger partial charge in [-0.25, -0.2) is 0 Å². The lowest BCUT2D eigenvalue weighted by atomic mass is 9.74. The molecule has 2 aromatic rings. The molecule has 2 aliphatic rings. The fourth-order valence-electron chi connectivity index (χ4n) is 4.37. The molecule has 0 fully saturated rings. The Labute approximate surface area is 150 Å². The lowest BCUT2D eigenvalue weighted by Gasteiger charge is -2.39. The van der Waals surface area contributed by atoms with Crippen LogP contribution in [0, 0.1) is 12.8 Å². The van der Waals surface area contributed by atoms with Gasteiger partial charge in [0.05, 0.1) is 24.4 Å². The molecule has 1 aliphatic heterocycles. The quantitative estimate of drug-likeness (QED) is 0.679. The number of allylic oxidation sites excluding steroid dienone is 2. The van der Waals surface area contributed by atoms with Crippen molar-refractivity contribution in [3.05, 3.63) is 70.8 Å². The Morgan fingerprint density at radius 2 is 1.88 bits per heavy atom. The number of nitrogens with one attached hydrogen (secondary N) is 1. The zero-order chi connectivity index (χ0) is 18.5. The maximum atomic E-state index is 13.6. The van der Waals surface area contributed by atoms with Crippen LogP contribution in [0.25, 0.3) is 0 Å². The summed E-state index contributed by atoms with van der Waals surface area (Å²) in [5, 5.41) is 3.39. The van der Waals surface area contributed by atoms with Crippen LogP contribution in [0.4, 0.5) is 18.9 Å². The molecule has 3 atom stereocenters. The lowest BCUT2D eigenvalue weighted by Crippen LogP contribution is -2.31. The first kappa shape index (κ1) is 17.0. The second kappa shape index (κ2) is 6.08. The molecule has 2 nitrogen and oxygen atoms in total. The molecule has 4 rings (SSSR count). The number of ether oxygens (including phenoxy) is 1. The van der Waals surface area contributed by atoms with Gasteiger partial charge in [-0.15, -0.1) is 0 Å². The highest BCUT2D eigenvalue weighted by atomic mass is 19.4. The van der Waals surface area contributed by atoms with Gasteiger partial charge in [0.2, 0.25) is 0 Å². The van der Waals surface area contributed by atoms with Crippen LogP contribution in [0.15, 0.2) is 48.6 Å². The first-order valence-electron chi connectivity index (χ1n) is 8.68. The van der Waals surface area contributed by atoms with E-state index in [0.29, 0.717) is 11.3 Å². The van der Waals surface area contributed by atoms with Gasteiger partial charge < -0.3 is 10.1 Å². The van der Waals surface area contributed by atoms with Gasteiger partial charge >= 0.3 is 6.18 Å². The van der Waals surface area contributed by atoms with Crippen molar-refractivity contribution in [3.8, 4) is 5.75 Å². The zero-order valence-electron chi connectivity index (χ0n) is 14.6. The van der Waals surface area contributed by atoms with E-state index in [9.17, 15) is 13.2 Å². The predicted molar refractivity (Wildman–Crippen MR) is 95.5 cm³/mol. The average molecular weight is 359 g/mol. The van der Waals surface area contributed by atoms with Gasteiger partial charge in [-0.2, -0.15) is 13.2 Å². The van der Waals surface area contributed by atoms with Crippen LogP contribution in [-0.2, 0) is 6.18 Å². The van der Waals surface area contributed by atoms with Gasteiger partial charge in [0.15, 0.2) is 0 Å². The Bertz CT molecular complexity index is 872.